The van der Waals surface area contributed by atoms with Gasteiger partial charge in [-0.05, 0) is 37.0 Å². The summed E-state index contributed by atoms with van der Waals surface area (Å²) in [5, 5.41) is 9.01. The molecule has 2 unspecified atom stereocenters. The standard InChI is InChI=1S/C15H27NO2/c1-11(14(17)18)12-9-16(10-12)13-5-4-7-15(2,3)8-6-13/h11-13H,4-10H2,1-3H3,(H,17,18). The molecule has 1 N–H and O–H groups in total. The molecule has 0 aromatic heterocycles. The number of aliphatic carboxylic acids is 1. The van der Waals surface area contributed by atoms with E-state index in [0.717, 1.165) is 13.1 Å². The van der Waals surface area contributed by atoms with Crippen molar-refractivity contribution in [2.45, 2.75) is 58.9 Å². The lowest BCUT2D eigenvalue weighted by Gasteiger charge is -2.46. The molecule has 2 rings (SSSR count). The van der Waals surface area contributed by atoms with Gasteiger partial charge in [-0.15, -0.1) is 0 Å². The first-order chi connectivity index (χ1) is 8.39. The summed E-state index contributed by atoms with van der Waals surface area (Å²) in [6, 6.07) is 0.712. The fourth-order valence-electron chi connectivity index (χ4n) is 3.37. The van der Waals surface area contributed by atoms with E-state index >= 15 is 0 Å². The molecule has 0 radical (unpaired) electrons. The van der Waals surface area contributed by atoms with Gasteiger partial charge in [0.15, 0.2) is 0 Å². The third kappa shape index (κ3) is 3.05. The van der Waals surface area contributed by atoms with Crippen molar-refractivity contribution < 1.29 is 9.90 Å². The molecule has 0 bridgehead atoms. The third-order valence-corrected chi connectivity index (χ3v) is 5.10. The molecule has 1 heterocycles. The number of carbonyl (C=O) groups is 1. The van der Waals surface area contributed by atoms with E-state index in [1.54, 1.807) is 0 Å². The van der Waals surface area contributed by atoms with Crippen LogP contribution in [0.2, 0.25) is 0 Å². The molecule has 0 aromatic rings. The van der Waals surface area contributed by atoms with Crippen LogP contribution in [0, 0.1) is 17.3 Å². The molecule has 1 aliphatic heterocycles. The van der Waals surface area contributed by atoms with Crippen LogP contribution in [0.3, 0.4) is 0 Å². The summed E-state index contributed by atoms with van der Waals surface area (Å²) in [6.45, 7) is 8.60. The van der Waals surface area contributed by atoms with Gasteiger partial charge in [0.25, 0.3) is 0 Å². The van der Waals surface area contributed by atoms with Crippen LogP contribution in [-0.4, -0.2) is 35.1 Å². The molecule has 1 aliphatic carbocycles. The topological polar surface area (TPSA) is 40.5 Å². The summed E-state index contributed by atoms with van der Waals surface area (Å²) in [4.78, 5) is 13.5. The zero-order chi connectivity index (χ0) is 13.3. The summed E-state index contributed by atoms with van der Waals surface area (Å²) < 4.78 is 0. The lowest BCUT2D eigenvalue weighted by atomic mass is 9.83. The quantitative estimate of drug-likeness (QED) is 0.786. The summed E-state index contributed by atoms with van der Waals surface area (Å²) in [5.74, 6) is -0.441. The Bertz CT molecular complexity index is 308. The van der Waals surface area contributed by atoms with Crippen LogP contribution < -0.4 is 0 Å². The molecule has 2 atom stereocenters. The minimum absolute atomic E-state index is 0.177. The lowest BCUT2D eigenvalue weighted by molar-refractivity contribution is -0.146. The Kier molecular flexibility index (Phi) is 4.00. The van der Waals surface area contributed by atoms with E-state index in [0.29, 0.717) is 17.4 Å². The molecule has 0 spiro atoms. The number of nitrogens with zero attached hydrogens (tertiary/aromatic N) is 1. The smallest absolute Gasteiger partial charge is 0.306 e. The summed E-state index contributed by atoms with van der Waals surface area (Å²) >= 11 is 0. The molecule has 3 nitrogen and oxygen atoms in total. The zero-order valence-corrected chi connectivity index (χ0v) is 12.0. The molecule has 1 saturated heterocycles. The molecule has 0 amide bonds. The Labute approximate surface area is 111 Å². The summed E-state index contributed by atoms with van der Waals surface area (Å²) in [6.07, 6.45) is 6.58. The van der Waals surface area contributed by atoms with Crippen LogP contribution in [-0.2, 0) is 4.79 Å². The molecule has 2 aliphatic rings. The van der Waals surface area contributed by atoms with Gasteiger partial charge in [0.05, 0.1) is 5.92 Å². The van der Waals surface area contributed by atoms with Crippen molar-refractivity contribution in [3.05, 3.63) is 0 Å². The maximum Gasteiger partial charge on any atom is 0.306 e. The van der Waals surface area contributed by atoms with Crippen LogP contribution in [0.15, 0.2) is 0 Å². The lowest BCUT2D eigenvalue weighted by Crippen LogP contribution is -2.55. The van der Waals surface area contributed by atoms with Crippen molar-refractivity contribution in [3.63, 3.8) is 0 Å². The highest BCUT2D eigenvalue weighted by Crippen LogP contribution is 2.37. The zero-order valence-electron chi connectivity index (χ0n) is 12.0. The molecule has 0 aromatic carbocycles. The average molecular weight is 253 g/mol. The molecular formula is C15H27NO2. The van der Waals surface area contributed by atoms with Crippen LogP contribution >= 0.6 is 0 Å². The highest BCUT2D eigenvalue weighted by molar-refractivity contribution is 5.70. The normalized spacial score (nSPS) is 31.4. The number of carboxylic acids is 1. The van der Waals surface area contributed by atoms with Gasteiger partial charge < -0.3 is 5.11 Å². The Morgan fingerprint density at radius 1 is 1.28 bits per heavy atom. The van der Waals surface area contributed by atoms with Gasteiger partial charge in [0, 0.05) is 19.1 Å². The maximum absolute atomic E-state index is 10.9. The van der Waals surface area contributed by atoms with Crippen molar-refractivity contribution in [2.24, 2.45) is 17.3 Å². The van der Waals surface area contributed by atoms with E-state index in [2.05, 4.69) is 18.7 Å². The maximum atomic E-state index is 10.9. The van der Waals surface area contributed by atoms with Crippen LogP contribution in [0.25, 0.3) is 0 Å². The van der Waals surface area contributed by atoms with Gasteiger partial charge in [-0.3, -0.25) is 9.69 Å². The largest absolute Gasteiger partial charge is 0.481 e. The Morgan fingerprint density at radius 3 is 2.56 bits per heavy atom. The number of rotatable bonds is 3. The van der Waals surface area contributed by atoms with Gasteiger partial charge in [0.1, 0.15) is 0 Å². The van der Waals surface area contributed by atoms with E-state index < -0.39 is 5.97 Å². The van der Waals surface area contributed by atoms with Crippen molar-refractivity contribution in [2.75, 3.05) is 13.1 Å². The minimum Gasteiger partial charge on any atom is -0.481 e. The second-order valence-corrected chi connectivity index (χ2v) is 7.09. The van der Waals surface area contributed by atoms with Crippen molar-refractivity contribution in [1.82, 2.24) is 4.90 Å². The monoisotopic (exact) mass is 253 g/mol. The van der Waals surface area contributed by atoms with Crippen LogP contribution in [0.5, 0.6) is 0 Å². The first-order valence-corrected chi connectivity index (χ1v) is 7.36. The van der Waals surface area contributed by atoms with Crippen LogP contribution in [0.1, 0.15) is 52.9 Å². The molecule has 2 fully saturated rings. The average Bonchev–Trinajstić information content (AvgIpc) is 2.38. The van der Waals surface area contributed by atoms with E-state index in [-0.39, 0.29) is 5.92 Å². The van der Waals surface area contributed by atoms with Crippen molar-refractivity contribution >= 4 is 5.97 Å². The van der Waals surface area contributed by atoms with E-state index in [1.807, 2.05) is 6.92 Å². The van der Waals surface area contributed by atoms with Crippen molar-refractivity contribution in [1.29, 1.82) is 0 Å². The second kappa shape index (κ2) is 5.20. The summed E-state index contributed by atoms with van der Waals surface area (Å²) in [5.41, 5.74) is 0.507. The van der Waals surface area contributed by atoms with Gasteiger partial charge in [-0.2, -0.15) is 0 Å². The first kappa shape index (κ1) is 13.9. The van der Waals surface area contributed by atoms with Gasteiger partial charge in [-0.25, -0.2) is 0 Å². The predicted octanol–water partition coefficient (Wildman–Crippen LogP) is 3.00. The van der Waals surface area contributed by atoms with Gasteiger partial charge in [0.2, 0.25) is 0 Å². The predicted molar refractivity (Wildman–Crippen MR) is 72.5 cm³/mol. The molecule has 1 saturated carbocycles. The molecule has 3 heteroatoms. The second-order valence-electron chi connectivity index (χ2n) is 7.09. The van der Waals surface area contributed by atoms with Crippen molar-refractivity contribution in [3.8, 4) is 0 Å². The fraction of sp³-hybridized carbons (Fsp3) is 0.933. The van der Waals surface area contributed by atoms with Gasteiger partial charge in [-0.1, -0.05) is 27.2 Å². The van der Waals surface area contributed by atoms with E-state index in [9.17, 15) is 4.79 Å². The Morgan fingerprint density at radius 2 is 1.94 bits per heavy atom. The Hall–Kier alpha value is -0.570. The number of carboxylic acid groups (broad SMARTS) is 1. The molecular weight excluding hydrogens is 226 g/mol. The first-order valence-electron chi connectivity index (χ1n) is 7.36. The number of likely N-dealkylation sites (tertiary alicyclic amines) is 1. The molecule has 18 heavy (non-hydrogen) atoms. The Balaban J connectivity index is 1.80. The van der Waals surface area contributed by atoms with Gasteiger partial charge >= 0.3 is 5.97 Å². The number of hydrogen-bond acceptors (Lipinski definition) is 2. The minimum atomic E-state index is -0.637. The highest BCUT2D eigenvalue weighted by Gasteiger charge is 2.38. The molecule has 104 valence electrons. The summed E-state index contributed by atoms with van der Waals surface area (Å²) in [7, 11) is 0. The third-order valence-electron chi connectivity index (χ3n) is 5.10. The SMILES string of the molecule is CC(C(=O)O)C1CN(C2CCCC(C)(C)CC2)C1. The van der Waals surface area contributed by atoms with E-state index in [4.69, 9.17) is 5.11 Å². The van der Waals surface area contributed by atoms with Crippen LogP contribution in [0.4, 0.5) is 0 Å². The fourth-order valence-corrected chi connectivity index (χ4v) is 3.37. The van der Waals surface area contributed by atoms with E-state index in [1.165, 1.54) is 32.1 Å². The number of hydrogen-bond donors (Lipinski definition) is 1. The highest BCUT2D eigenvalue weighted by atomic mass is 16.4.